The quantitative estimate of drug-likeness (QED) is 0.690. The molecule has 2 amide bonds. The summed E-state index contributed by atoms with van der Waals surface area (Å²) in [6.07, 6.45) is 4.76. The van der Waals surface area contributed by atoms with Crippen LogP contribution in [-0.4, -0.2) is 38.9 Å². The van der Waals surface area contributed by atoms with Gasteiger partial charge in [-0.25, -0.2) is 4.98 Å². The predicted molar refractivity (Wildman–Crippen MR) is 114 cm³/mol. The Labute approximate surface area is 173 Å². The summed E-state index contributed by atoms with van der Waals surface area (Å²) in [6.45, 7) is 8.03. The van der Waals surface area contributed by atoms with Gasteiger partial charge in [0.05, 0.1) is 5.69 Å². The van der Waals surface area contributed by atoms with E-state index in [9.17, 15) is 9.59 Å². The molecule has 3 rings (SSSR count). The van der Waals surface area contributed by atoms with Crippen molar-refractivity contribution in [1.82, 2.24) is 19.8 Å². The van der Waals surface area contributed by atoms with Crippen LogP contribution >= 0.6 is 0 Å². The Morgan fingerprint density at radius 2 is 1.97 bits per heavy atom. The lowest BCUT2D eigenvalue weighted by molar-refractivity contribution is 0.0683. The third-order valence-corrected chi connectivity index (χ3v) is 5.42. The van der Waals surface area contributed by atoms with E-state index in [0.717, 1.165) is 49.9 Å². The fourth-order valence-corrected chi connectivity index (χ4v) is 3.75. The maximum atomic E-state index is 13.5. The lowest BCUT2D eigenvalue weighted by Gasteiger charge is -2.27. The molecule has 0 atom stereocenters. The Kier molecular flexibility index (Phi) is 7.07. The van der Waals surface area contributed by atoms with Gasteiger partial charge in [0.25, 0.3) is 11.8 Å². The molecule has 0 unspecified atom stereocenters. The van der Waals surface area contributed by atoms with Gasteiger partial charge in [-0.2, -0.15) is 0 Å². The van der Waals surface area contributed by atoms with E-state index in [1.807, 2.05) is 53.6 Å². The van der Waals surface area contributed by atoms with Crippen LogP contribution < -0.4 is 5.32 Å². The number of amides is 2. The summed E-state index contributed by atoms with van der Waals surface area (Å²) in [5.41, 5.74) is 2.43. The summed E-state index contributed by atoms with van der Waals surface area (Å²) in [6, 6.07) is 10.0. The molecule has 6 nitrogen and oxygen atoms in total. The number of hydrogen-bond donors (Lipinski definition) is 1. The number of carbonyl (C=O) groups excluding carboxylic acids is 2. The van der Waals surface area contributed by atoms with Gasteiger partial charge in [-0.1, -0.05) is 43.7 Å². The van der Waals surface area contributed by atoms with Crippen molar-refractivity contribution in [3.8, 4) is 0 Å². The van der Waals surface area contributed by atoms with Crippen molar-refractivity contribution in [1.29, 1.82) is 0 Å². The van der Waals surface area contributed by atoms with Gasteiger partial charge in [0.1, 0.15) is 5.69 Å². The SMILES string of the molecule is CCCCNC(=O)c1nc(C(=O)N(Cc2ccccc2)C(C)C)c2n1CCCC2. The standard InChI is InChI=1S/C23H32N4O2/c1-4-5-14-24-22(28)21-25-20(19-13-9-10-15-26(19)21)23(29)27(17(2)3)16-18-11-7-6-8-12-18/h6-8,11-12,17H,4-5,9-10,13-16H2,1-3H3,(H,24,28). The monoisotopic (exact) mass is 396 g/mol. The summed E-state index contributed by atoms with van der Waals surface area (Å²) < 4.78 is 1.96. The molecule has 1 N–H and O–H groups in total. The van der Waals surface area contributed by atoms with Gasteiger partial charge in [-0.3, -0.25) is 9.59 Å². The Hall–Kier alpha value is -2.63. The first-order valence-corrected chi connectivity index (χ1v) is 10.8. The highest BCUT2D eigenvalue weighted by Crippen LogP contribution is 2.24. The maximum absolute atomic E-state index is 13.5. The summed E-state index contributed by atoms with van der Waals surface area (Å²) in [5, 5.41) is 2.95. The van der Waals surface area contributed by atoms with E-state index in [2.05, 4.69) is 17.2 Å². The van der Waals surface area contributed by atoms with Crippen LogP contribution in [0.15, 0.2) is 30.3 Å². The molecule has 0 aliphatic carbocycles. The molecular weight excluding hydrogens is 364 g/mol. The molecule has 0 radical (unpaired) electrons. The third-order valence-electron chi connectivity index (χ3n) is 5.42. The fourth-order valence-electron chi connectivity index (χ4n) is 3.75. The number of fused-ring (bicyclic) bond motifs is 1. The highest BCUT2D eigenvalue weighted by atomic mass is 16.2. The molecule has 1 aromatic carbocycles. The van der Waals surface area contributed by atoms with Crippen molar-refractivity contribution in [2.24, 2.45) is 0 Å². The number of benzene rings is 1. The van der Waals surface area contributed by atoms with Crippen molar-refractivity contribution in [3.05, 3.63) is 53.1 Å². The van der Waals surface area contributed by atoms with Crippen LogP contribution in [0.5, 0.6) is 0 Å². The Morgan fingerprint density at radius 3 is 2.66 bits per heavy atom. The first kappa shape index (κ1) is 21.1. The Bertz CT molecular complexity index is 842. The zero-order valence-electron chi connectivity index (χ0n) is 17.8. The molecular formula is C23H32N4O2. The zero-order chi connectivity index (χ0) is 20.8. The Balaban J connectivity index is 1.89. The number of nitrogens with one attached hydrogen (secondary N) is 1. The van der Waals surface area contributed by atoms with Crippen LogP contribution in [0.4, 0.5) is 0 Å². The molecule has 1 aromatic heterocycles. The second-order valence-electron chi connectivity index (χ2n) is 7.96. The number of nitrogens with zero attached hydrogens (tertiary/aromatic N) is 3. The minimum Gasteiger partial charge on any atom is -0.349 e. The minimum atomic E-state index is -0.181. The number of imidazole rings is 1. The molecule has 0 spiro atoms. The van der Waals surface area contributed by atoms with Crippen LogP contribution in [0, 0.1) is 0 Å². The molecule has 0 fully saturated rings. The van der Waals surface area contributed by atoms with Crippen LogP contribution in [0.2, 0.25) is 0 Å². The number of aromatic nitrogens is 2. The summed E-state index contributed by atoms with van der Waals surface area (Å²) >= 11 is 0. The van der Waals surface area contributed by atoms with E-state index in [-0.39, 0.29) is 17.9 Å². The average molecular weight is 397 g/mol. The van der Waals surface area contributed by atoms with Crippen LogP contribution in [-0.2, 0) is 19.5 Å². The second-order valence-corrected chi connectivity index (χ2v) is 7.96. The van der Waals surface area contributed by atoms with Gasteiger partial charge in [0.15, 0.2) is 5.82 Å². The highest BCUT2D eigenvalue weighted by molar-refractivity contribution is 5.97. The van der Waals surface area contributed by atoms with E-state index in [4.69, 9.17) is 0 Å². The van der Waals surface area contributed by atoms with Crippen molar-refractivity contribution in [2.75, 3.05) is 6.54 Å². The van der Waals surface area contributed by atoms with Gasteiger partial charge >= 0.3 is 0 Å². The summed E-state index contributed by atoms with van der Waals surface area (Å²) in [5.74, 6) is 0.101. The molecule has 1 aliphatic heterocycles. The molecule has 29 heavy (non-hydrogen) atoms. The van der Waals surface area contributed by atoms with E-state index in [1.54, 1.807) is 0 Å². The third kappa shape index (κ3) is 4.86. The largest absolute Gasteiger partial charge is 0.349 e. The molecule has 156 valence electrons. The van der Waals surface area contributed by atoms with Crippen molar-refractivity contribution < 1.29 is 9.59 Å². The Morgan fingerprint density at radius 1 is 1.21 bits per heavy atom. The normalized spacial score (nSPS) is 13.2. The van der Waals surface area contributed by atoms with E-state index in [0.29, 0.717) is 24.6 Å². The van der Waals surface area contributed by atoms with Crippen molar-refractivity contribution >= 4 is 11.8 Å². The first-order valence-electron chi connectivity index (χ1n) is 10.8. The lowest BCUT2D eigenvalue weighted by atomic mass is 10.1. The van der Waals surface area contributed by atoms with Crippen LogP contribution in [0.1, 0.15) is 78.8 Å². The topological polar surface area (TPSA) is 67.2 Å². The van der Waals surface area contributed by atoms with Gasteiger partial charge in [-0.15, -0.1) is 0 Å². The smallest absolute Gasteiger partial charge is 0.287 e. The van der Waals surface area contributed by atoms with Crippen molar-refractivity contribution in [2.45, 2.75) is 72.0 Å². The molecule has 2 heterocycles. The fraction of sp³-hybridized carbons (Fsp3) is 0.522. The minimum absolute atomic E-state index is 0.0328. The summed E-state index contributed by atoms with van der Waals surface area (Å²) in [4.78, 5) is 32.6. The molecule has 2 aromatic rings. The van der Waals surface area contributed by atoms with Crippen LogP contribution in [0.25, 0.3) is 0 Å². The molecule has 0 bridgehead atoms. The molecule has 0 saturated carbocycles. The van der Waals surface area contributed by atoms with Gasteiger partial charge in [-0.05, 0) is 45.1 Å². The van der Waals surface area contributed by atoms with Gasteiger partial charge < -0.3 is 14.8 Å². The molecule has 1 aliphatic rings. The molecule has 6 heteroatoms. The van der Waals surface area contributed by atoms with Gasteiger partial charge in [0, 0.05) is 25.7 Å². The predicted octanol–water partition coefficient (Wildman–Crippen LogP) is 3.80. The zero-order valence-corrected chi connectivity index (χ0v) is 17.8. The molecule has 0 saturated heterocycles. The number of rotatable bonds is 8. The number of unbranched alkanes of at least 4 members (excludes halogenated alkanes) is 1. The highest BCUT2D eigenvalue weighted by Gasteiger charge is 2.30. The van der Waals surface area contributed by atoms with E-state index < -0.39 is 0 Å². The maximum Gasteiger partial charge on any atom is 0.287 e. The lowest BCUT2D eigenvalue weighted by Crippen LogP contribution is -2.37. The van der Waals surface area contributed by atoms with E-state index >= 15 is 0 Å². The summed E-state index contributed by atoms with van der Waals surface area (Å²) in [7, 11) is 0. The van der Waals surface area contributed by atoms with Gasteiger partial charge in [0.2, 0.25) is 0 Å². The van der Waals surface area contributed by atoms with E-state index in [1.165, 1.54) is 0 Å². The number of carbonyl (C=O) groups is 2. The second kappa shape index (κ2) is 9.72. The van der Waals surface area contributed by atoms with Crippen molar-refractivity contribution in [3.63, 3.8) is 0 Å². The van der Waals surface area contributed by atoms with Crippen LogP contribution in [0.3, 0.4) is 0 Å². The average Bonchev–Trinajstić information content (AvgIpc) is 3.12. The number of hydrogen-bond acceptors (Lipinski definition) is 3. The first-order chi connectivity index (χ1) is 14.0.